The van der Waals surface area contributed by atoms with Gasteiger partial charge in [-0.25, -0.2) is 0 Å². The largest absolute Gasteiger partial charge is 0.493 e. The number of ether oxygens (including phenoxy) is 2. The van der Waals surface area contributed by atoms with E-state index < -0.39 is 0 Å². The zero-order valence-electron chi connectivity index (χ0n) is 15.1. The third kappa shape index (κ3) is 4.85. The molecule has 0 amide bonds. The lowest BCUT2D eigenvalue weighted by atomic mass is 10.0. The zero-order chi connectivity index (χ0) is 16.7. The highest BCUT2D eigenvalue weighted by molar-refractivity contribution is 5.42. The van der Waals surface area contributed by atoms with E-state index in [0.717, 1.165) is 37.6 Å². The third-order valence-electron chi connectivity index (χ3n) is 5.04. The average Bonchev–Trinajstić information content (AvgIpc) is 2.62. The smallest absolute Gasteiger partial charge is 0.160 e. The molecule has 1 unspecified atom stereocenters. The van der Waals surface area contributed by atoms with E-state index in [1.54, 1.807) is 14.2 Å². The van der Waals surface area contributed by atoms with E-state index in [2.05, 4.69) is 36.2 Å². The minimum Gasteiger partial charge on any atom is -0.493 e. The van der Waals surface area contributed by atoms with Crippen LogP contribution in [0.15, 0.2) is 18.2 Å². The van der Waals surface area contributed by atoms with Gasteiger partial charge in [-0.15, -0.1) is 0 Å². The Balaban J connectivity index is 2.02. The van der Waals surface area contributed by atoms with Crippen molar-refractivity contribution in [1.29, 1.82) is 0 Å². The summed E-state index contributed by atoms with van der Waals surface area (Å²) in [6.07, 6.45) is 4.77. The molecule has 2 rings (SSSR count). The summed E-state index contributed by atoms with van der Waals surface area (Å²) < 4.78 is 10.7. The molecule has 130 valence electrons. The van der Waals surface area contributed by atoms with Gasteiger partial charge >= 0.3 is 0 Å². The molecule has 1 fully saturated rings. The molecule has 0 bridgehead atoms. The van der Waals surface area contributed by atoms with E-state index in [-0.39, 0.29) is 0 Å². The molecule has 1 aromatic rings. The summed E-state index contributed by atoms with van der Waals surface area (Å²) in [7, 11) is 3.38. The molecular weight excluding hydrogens is 288 g/mol. The molecule has 0 saturated carbocycles. The number of piperidine rings is 1. The fraction of sp³-hybridized carbons (Fsp3) is 0.684. The molecule has 0 radical (unpaired) electrons. The molecule has 1 N–H and O–H groups in total. The van der Waals surface area contributed by atoms with Gasteiger partial charge in [0.2, 0.25) is 0 Å². The van der Waals surface area contributed by atoms with E-state index in [9.17, 15) is 0 Å². The number of nitrogens with one attached hydrogen (secondary N) is 1. The van der Waals surface area contributed by atoms with Crippen LogP contribution in [0.2, 0.25) is 0 Å². The first-order valence-corrected chi connectivity index (χ1v) is 8.87. The molecule has 0 aliphatic carbocycles. The van der Waals surface area contributed by atoms with E-state index in [0.29, 0.717) is 12.1 Å². The molecule has 1 aliphatic rings. The summed E-state index contributed by atoms with van der Waals surface area (Å²) in [5.41, 5.74) is 1.31. The minimum atomic E-state index is 0.637. The summed E-state index contributed by atoms with van der Waals surface area (Å²) in [6, 6.07) is 7.62. The maximum absolute atomic E-state index is 5.42. The van der Waals surface area contributed by atoms with Crippen molar-refractivity contribution in [3.63, 3.8) is 0 Å². The van der Waals surface area contributed by atoms with Crippen LogP contribution in [-0.4, -0.2) is 50.8 Å². The quantitative estimate of drug-likeness (QED) is 0.798. The van der Waals surface area contributed by atoms with Crippen LogP contribution in [0.1, 0.15) is 38.7 Å². The van der Waals surface area contributed by atoms with Crippen molar-refractivity contribution < 1.29 is 9.47 Å². The normalized spacial score (nSPS) is 17.3. The highest BCUT2D eigenvalue weighted by Crippen LogP contribution is 2.28. The number of rotatable bonds is 8. The van der Waals surface area contributed by atoms with Gasteiger partial charge in [0.1, 0.15) is 0 Å². The van der Waals surface area contributed by atoms with Crippen molar-refractivity contribution in [1.82, 2.24) is 10.2 Å². The lowest BCUT2D eigenvalue weighted by Gasteiger charge is -2.38. The van der Waals surface area contributed by atoms with Gasteiger partial charge in [-0.05, 0) is 63.4 Å². The standard InChI is InChI=1S/C19H32N2O2/c1-5-15(2)21(17-8-11-20-12-9-17)13-10-16-6-7-18(22-3)19(14-16)23-4/h6-7,14-15,17,20H,5,8-13H2,1-4H3. The Kier molecular flexibility index (Phi) is 7.18. The molecule has 4 heteroatoms. The SMILES string of the molecule is CCC(C)N(CCc1ccc(OC)c(OC)c1)C1CCNCC1. The Bertz CT molecular complexity index is 472. The van der Waals surface area contributed by atoms with E-state index in [1.807, 2.05) is 6.07 Å². The Hall–Kier alpha value is -1.26. The van der Waals surface area contributed by atoms with Gasteiger partial charge in [-0.1, -0.05) is 13.0 Å². The van der Waals surface area contributed by atoms with Crippen LogP contribution in [0.5, 0.6) is 11.5 Å². The fourth-order valence-corrected chi connectivity index (χ4v) is 3.43. The van der Waals surface area contributed by atoms with Crippen LogP contribution in [0, 0.1) is 0 Å². The van der Waals surface area contributed by atoms with Crippen molar-refractivity contribution >= 4 is 0 Å². The lowest BCUT2D eigenvalue weighted by molar-refractivity contribution is 0.116. The summed E-state index contributed by atoms with van der Waals surface area (Å²) in [5.74, 6) is 1.62. The van der Waals surface area contributed by atoms with Gasteiger partial charge < -0.3 is 14.8 Å². The lowest BCUT2D eigenvalue weighted by Crippen LogP contribution is -2.47. The van der Waals surface area contributed by atoms with Crippen LogP contribution in [0.3, 0.4) is 0 Å². The molecule has 1 heterocycles. The van der Waals surface area contributed by atoms with Crippen LogP contribution in [0.25, 0.3) is 0 Å². The number of methoxy groups -OCH3 is 2. The molecular formula is C19H32N2O2. The van der Waals surface area contributed by atoms with Crippen LogP contribution < -0.4 is 14.8 Å². The third-order valence-corrected chi connectivity index (χ3v) is 5.04. The molecule has 4 nitrogen and oxygen atoms in total. The molecule has 23 heavy (non-hydrogen) atoms. The number of nitrogens with zero attached hydrogens (tertiary/aromatic N) is 1. The van der Waals surface area contributed by atoms with E-state index in [4.69, 9.17) is 9.47 Å². The Morgan fingerprint density at radius 1 is 1.17 bits per heavy atom. The molecule has 0 spiro atoms. The summed E-state index contributed by atoms with van der Waals surface area (Å²) >= 11 is 0. The van der Waals surface area contributed by atoms with Gasteiger partial charge in [-0.2, -0.15) is 0 Å². The van der Waals surface area contributed by atoms with Crippen LogP contribution in [-0.2, 0) is 6.42 Å². The summed E-state index contributed by atoms with van der Waals surface area (Å²) in [6.45, 7) is 8.04. The summed E-state index contributed by atoms with van der Waals surface area (Å²) in [4.78, 5) is 2.71. The highest BCUT2D eigenvalue weighted by Gasteiger charge is 2.24. The molecule has 1 aliphatic heterocycles. The monoisotopic (exact) mass is 320 g/mol. The van der Waals surface area contributed by atoms with Gasteiger partial charge in [0, 0.05) is 18.6 Å². The maximum Gasteiger partial charge on any atom is 0.160 e. The first kappa shape index (κ1) is 18.1. The van der Waals surface area contributed by atoms with Crippen molar-refractivity contribution in [3.8, 4) is 11.5 Å². The number of hydrogen-bond donors (Lipinski definition) is 1. The van der Waals surface area contributed by atoms with Crippen molar-refractivity contribution in [2.24, 2.45) is 0 Å². The van der Waals surface area contributed by atoms with E-state index in [1.165, 1.54) is 24.8 Å². The maximum atomic E-state index is 5.42. The van der Waals surface area contributed by atoms with Gasteiger partial charge in [0.25, 0.3) is 0 Å². The van der Waals surface area contributed by atoms with Crippen molar-refractivity contribution in [3.05, 3.63) is 23.8 Å². The van der Waals surface area contributed by atoms with Gasteiger partial charge in [-0.3, -0.25) is 4.90 Å². The average molecular weight is 320 g/mol. The zero-order valence-corrected chi connectivity index (χ0v) is 15.1. The molecule has 1 saturated heterocycles. The molecule has 1 atom stereocenters. The number of benzene rings is 1. The van der Waals surface area contributed by atoms with Crippen molar-refractivity contribution in [2.75, 3.05) is 33.9 Å². The Morgan fingerprint density at radius 2 is 1.87 bits per heavy atom. The first-order valence-electron chi connectivity index (χ1n) is 8.87. The van der Waals surface area contributed by atoms with Gasteiger partial charge in [0.15, 0.2) is 11.5 Å². The minimum absolute atomic E-state index is 0.637. The number of hydrogen-bond acceptors (Lipinski definition) is 4. The van der Waals surface area contributed by atoms with Crippen molar-refractivity contribution in [2.45, 2.75) is 51.6 Å². The van der Waals surface area contributed by atoms with Crippen LogP contribution >= 0.6 is 0 Å². The van der Waals surface area contributed by atoms with Crippen LogP contribution in [0.4, 0.5) is 0 Å². The van der Waals surface area contributed by atoms with E-state index >= 15 is 0 Å². The Morgan fingerprint density at radius 3 is 2.48 bits per heavy atom. The summed E-state index contributed by atoms with van der Waals surface area (Å²) in [5, 5.41) is 3.47. The topological polar surface area (TPSA) is 33.7 Å². The highest BCUT2D eigenvalue weighted by atomic mass is 16.5. The molecule has 0 aromatic heterocycles. The second kappa shape index (κ2) is 9.14. The molecule has 1 aromatic carbocycles. The van der Waals surface area contributed by atoms with Gasteiger partial charge in [0.05, 0.1) is 14.2 Å². The predicted octanol–water partition coefficient (Wildman–Crippen LogP) is 3.10. The Labute approximate surface area is 141 Å². The second-order valence-corrected chi connectivity index (χ2v) is 6.42. The fourth-order valence-electron chi connectivity index (χ4n) is 3.43. The predicted molar refractivity (Wildman–Crippen MR) is 95.6 cm³/mol. The second-order valence-electron chi connectivity index (χ2n) is 6.42. The first-order chi connectivity index (χ1) is 11.2.